The molecule has 1 aliphatic carbocycles. The van der Waals surface area contributed by atoms with Gasteiger partial charge in [0.05, 0.1) is 17.6 Å². The number of hydrogen-bond acceptors (Lipinski definition) is 5. The second-order valence-electron chi connectivity index (χ2n) is 5.22. The number of rotatable bonds is 5. The summed E-state index contributed by atoms with van der Waals surface area (Å²) >= 11 is 1.51. The predicted molar refractivity (Wildman–Crippen MR) is 79.8 cm³/mol. The second-order valence-corrected chi connectivity index (χ2v) is 6.18. The number of nitrogens with zero attached hydrogens (tertiary/aromatic N) is 3. The number of imidazole rings is 1. The van der Waals surface area contributed by atoms with Gasteiger partial charge in [0.2, 0.25) is 5.89 Å². The number of benzene rings is 1. The van der Waals surface area contributed by atoms with Gasteiger partial charge in [0.1, 0.15) is 5.82 Å². The Balaban J connectivity index is 1.41. The first-order chi connectivity index (χ1) is 10.8. The van der Waals surface area contributed by atoms with Crippen LogP contribution in [0.2, 0.25) is 0 Å². The first kappa shape index (κ1) is 13.5. The van der Waals surface area contributed by atoms with Gasteiger partial charge >= 0.3 is 0 Å². The molecule has 0 bridgehead atoms. The maximum Gasteiger partial charge on any atom is 0.229 e. The van der Waals surface area contributed by atoms with Crippen LogP contribution in [-0.4, -0.2) is 20.1 Å². The van der Waals surface area contributed by atoms with Crippen LogP contribution in [0.5, 0.6) is 0 Å². The predicted octanol–water partition coefficient (Wildman–Crippen LogP) is 3.77. The summed E-state index contributed by atoms with van der Waals surface area (Å²) in [6.45, 7) is 0. The van der Waals surface area contributed by atoms with Crippen molar-refractivity contribution in [3.63, 3.8) is 0 Å². The van der Waals surface area contributed by atoms with E-state index in [0.29, 0.717) is 17.5 Å². The Kier molecular flexibility index (Phi) is 3.42. The molecule has 2 heterocycles. The average Bonchev–Trinajstić information content (AvgIpc) is 3.09. The lowest BCUT2D eigenvalue weighted by Crippen LogP contribution is -1.86. The third-order valence-corrected chi connectivity index (χ3v) is 4.34. The Morgan fingerprint density at radius 3 is 2.86 bits per heavy atom. The van der Waals surface area contributed by atoms with Crippen LogP contribution < -0.4 is 0 Å². The molecule has 3 aromatic rings. The summed E-state index contributed by atoms with van der Waals surface area (Å²) in [6, 6.07) is 6.31. The number of thioether (sulfide) groups is 1. The van der Waals surface area contributed by atoms with Gasteiger partial charge in [-0.25, -0.2) is 9.37 Å². The highest BCUT2D eigenvalue weighted by molar-refractivity contribution is 7.98. The zero-order valence-electron chi connectivity index (χ0n) is 11.6. The van der Waals surface area contributed by atoms with E-state index in [-0.39, 0.29) is 5.82 Å². The van der Waals surface area contributed by atoms with E-state index in [9.17, 15) is 4.39 Å². The number of nitrogens with one attached hydrogen (secondary N) is 1. The van der Waals surface area contributed by atoms with Crippen LogP contribution in [0, 0.1) is 5.82 Å². The Bertz CT molecular complexity index is 779. The lowest BCUT2D eigenvalue weighted by Gasteiger charge is -1.96. The lowest BCUT2D eigenvalue weighted by molar-refractivity contribution is 0.375. The molecular weight excluding hydrogens is 303 g/mol. The summed E-state index contributed by atoms with van der Waals surface area (Å²) in [5, 5.41) is 4.75. The zero-order valence-corrected chi connectivity index (χ0v) is 12.4. The average molecular weight is 316 g/mol. The largest absolute Gasteiger partial charge is 0.339 e. The second kappa shape index (κ2) is 5.57. The van der Waals surface area contributed by atoms with Crippen LogP contribution >= 0.6 is 11.8 Å². The van der Waals surface area contributed by atoms with Crippen LogP contribution in [0.15, 0.2) is 40.1 Å². The first-order valence-electron chi connectivity index (χ1n) is 7.04. The van der Waals surface area contributed by atoms with Crippen molar-refractivity contribution in [2.75, 3.05) is 0 Å². The van der Waals surface area contributed by atoms with E-state index in [0.717, 1.165) is 35.1 Å². The molecule has 0 atom stereocenters. The first-order valence-corrected chi connectivity index (χ1v) is 8.03. The minimum Gasteiger partial charge on any atom is -0.339 e. The Morgan fingerprint density at radius 1 is 1.27 bits per heavy atom. The van der Waals surface area contributed by atoms with Gasteiger partial charge in [-0.05, 0) is 42.7 Å². The third kappa shape index (κ3) is 2.89. The van der Waals surface area contributed by atoms with Crippen molar-refractivity contribution < 1.29 is 8.91 Å². The minimum atomic E-state index is -0.249. The molecule has 1 saturated carbocycles. The van der Waals surface area contributed by atoms with Crippen molar-refractivity contribution in [3.8, 4) is 11.3 Å². The Morgan fingerprint density at radius 2 is 2.09 bits per heavy atom. The zero-order chi connectivity index (χ0) is 14.9. The van der Waals surface area contributed by atoms with E-state index in [2.05, 4.69) is 20.1 Å². The van der Waals surface area contributed by atoms with Gasteiger partial charge in [-0.2, -0.15) is 4.98 Å². The topological polar surface area (TPSA) is 67.6 Å². The SMILES string of the molecule is Fc1ccc(-c2cnc(SCc3noc(C4CC4)n3)[nH]2)cc1. The highest BCUT2D eigenvalue weighted by Gasteiger charge is 2.29. The fraction of sp³-hybridized carbons (Fsp3) is 0.267. The van der Waals surface area contributed by atoms with Crippen molar-refractivity contribution in [1.29, 1.82) is 0 Å². The van der Waals surface area contributed by atoms with E-state index in [1.165, 1.54) is 23.9 Å². The van der Waals surface area contributed by atoms with Crippen LogP contribution in [-0.2, 0) is 5.75 Å². The molecular formula is C15H13FN4OS. The molecule has 2 aromatic heterocycles. The molecule has 22 heavy (non-hydrogen) atoms. The summed E-state index contributed by atoms with van der Waals surface area (Å²) in [6.07, 6.45) is 4.03. The molecule has 0 amide bonds. The van der Waals surface area contributed by atoms with Gasteiger partial charge in [0.25, 0.3) is 0 Å². The summed E-state index contributed by atoms with van der Waals surface area (Å²) < 4.78 is 18.1. The molecule has 0 spiro atoms. The van der Waals surface area contributed by atoms with Crippen molar-refractivity contribution in [2.24, 2.45) is 0 Å². The van der Waals surface area contributed by atoms with Gasteiger partial charge in [-0.15, -0.1) is 0 Å². The smallest absolute Gasteiger partial charge is 0.229 e. The highest BCUT2D eigenvalue weighted by Crippen LogP contribution is 2.39. The molecule has 4 rings (SSSR count). The van der Waals surface area contributed by atoms with Gasteiger partial charge in [0, 0.05) is 5.92 Å². The van der Waals surface area contributed by atoms with Crippen molar-refractivity contribution in [1.82, 2.24) is 20.1 Å². The van der Waals surface area contributed by atoms with Crippen LogP contribution in [0.3, 0.4) is 0 Å². The summed E-state index contributed by atoms with van der Waals surface area (Å²) in [4.78, 5) is 11.9. The molecule has 1 aliphatic rings. The van der Waals surface area contributed by atoms with E-state index >= 15 is 0 Å². The number of aromatic amines is 1. The molecule has 1 aromatic carbocycles. The molecule has 0 radical (unpaired) electrons. The summed E-state index contributed by atoms with van der Waals surface area (Å²) in [7, 11) is 0. The Labute approximate surface area is 130 Å². The van der Waals surface area contributed by atoms with E-state index in [4.69, 9.17) is 4.52 Å². The van der Waals surface area contributed by atoms with Crippen molar-refractivity contribution >= 4 is 11.8 Å². The molecule has 1 fully saturated rings. The number of halogens is 1. The molecule has 112 valence electrons. The van der Waals surface area contributed by atoms with Gasteiger partial charge in [0.15, 0.2) is 11.0 Å². The molecule has 7 heteroatoms. The highest BCUT2D eigenvalue weighted by atomic mass is 32.2. The molecule has 0 saturated heterocycles. The third-order valence-electron chi connectivity index (χ3n) is 3.46. The van der Waals surface area contributed by atoms with Crippen molar-refractivity contribution in [3.05, 3.63) is 48.0 Å². The lowest BCUT2D eigenvalue weighted by atomic mass is 10.2. The summed E-state index contributed by atoms with van der Waals surface area (Å²) in [5.41, 5.74) is 1.76. The number of aromatic nitrogens is 4. The molecule has 5 nitrogen and oxygen atoms in total. The Hall–Kier alpha value is -2.15. The monoisotopic (exact) mass is 316 g/mol. The maximum atomic E-state index is 12.9. The van der Waals surface area contributed by atoms with E-state index in [1.807, 2.05) is 0 Å². The van der Waals surface area contributed by atoms with Crippen molar-refractivity contribution in [2.45, 2.75) is 29.7 Å². The fourth-order valence-corrected chi connectivity index (χ4v) is 2.80. The molecule has 1 N–H and O–H groups in total. The number of hydrogen-bond donors (Lipinski definition) is 1. The van der Waals surface area contributed by atoms with Crippen LogP contribution in [0.4, 0.5) is 4.39 Å². The minimum absolute atomic E-state index is 0.249. The maximum absolute atomic E-state index is 12.9. The summed E-state index contributed by atoms with van der Waals surface area (Å²) in [5.74, 6) is 2.27. The van der Waals surface area contributed by atoms with Crippen LogP contribution in [0.1, 0.15) is 30.5 Å². The van der Waals surface area contributed by atoms with Gasteiger partial charge < -0.3 is 9.51 Å². The quantitative estimate of drug-likeness (QED) is 0.726. The number of H-pyrrole nitrogens is 1. The van der Waals surface area contributed by atoms with E-state index in [1.54, 1.807) is 18.3 Å². The van der Waals surface area contributed by atoms with Gasteiger partial charge in [-0.3, -0.25) is 0 Å². The fourth-order valence-electron chi connectivity index (χ4n) is 2.11. The van der Waals surface area contributed by atoms with Crippen LogP contribution in [0.25, 0.3) is 11.3 Å². The molecule has 0 unspecified atom stereocenters. The van der Waals surface area contributed by atoms with E-state index < -0.39 is 0 Å². The normalized spacial score (nSPS) is 14.4. The van der Waals surface area contributed by atoms with Gasteiger partial charge in [-0.1, -0.05) is 16.9 Å². The standard InChI is InChI=1S/C15H13FN4OS/c16-11-5-3-9(4-6-11)12-7-17-15(18-12)22-8-13-19-14(21-20-13)10-1-2-10/h3-7,10H,1-2,8H2,(H,17,18). The molecule has 0 aliphatic heterocycles.